The lowest BCUT2D eigenvalue weighted by molar-refractivity contribution is 0.0757. The van der Waals surface area contributed by atoms with E-state index in [0.717, 1.165) is 28.9 Å². The Morgan fingerprint density at radius 1 is 1.03 bits per heavy atom. The Hall–Kier alpha value is -3.44. The number of hydrogen-bond donors (Lipinski definition) is 2. The van der Waals surface area contributed by atoms with Gasteiger partial charge in [0.15, 0.2) is 0 Å². The van der Waals surface area contributed by atoms with Crippen molar-refractivity contribution in [2.75, 3.05) is 13.2 Å². The molecule has 4 aromatic rings. The van der Waals surface area contributed by atoms with Gasteiger partial charge in [0, 0.05) is 29.8 Å². The maximum Gasteiger partial charge on any atom is 0.251 e. The van der Waals surface area contributed by atoms with Crippen molar-refractivity contribution >= 4 is 16.7 Å². The molecule has 0 unspecified atom stereocenters. The van der Waals surface area contributed by atoms with Gasteiger partial charge < -0.3 is 10.1 Å². The van der Waals surface area contributed by atoms with Gasteiger partial charge in [-0.25, -0.2) is 0 Å². The molecule has 1 heterocycles. The molecule has 5 heteroatoms. The standard InChI is InChI=1S/C26H27N3O2/c1-18(2)31-16-6-15-27-26(30)21-13-11-20(12-14-21)24-17-25(29-28-24)23-10-5-8-19-7-3-4-9-22(19)23/h3-5,7-14,17-18H,6,15-16H2,1-2H3,(H,27,30)(H,28,29). The Morgan fingerprint density at radius 2 is 1.81 bits per heavy atom. The van der Waals surface area contributed by atoms with Gasteiger partial charge in [0.1, 0.15) is 0 Å². The van der Waals surface area contributed by atoms with Gasteiger partial charge in [0.2, 0.25) is 0 Å². The molecule has 3 aromatic carbocycles. The predicted molar refractivity (Wildman–Crippen MR) is 125 cm³/mol. The summed E-state index contributed by atoms with van der Waals surface area (Å²) < 4.78 is 5.49. The Kier molecular flexibility index (Phi) is 6.43. The number of fused-ring (bicyclic) bond motifs is 1. The van der Waals surface area contributed by atoms with E-state index in [1.54, 1.807) is 0 Å². The molecular formula is C26H27N3O2. The SMILES string of the molecule is CC(C)OCCCNC(=O)c1ccc(-c2cc(-c3cccc4ccccc34)[nH]n2)cc1. The Balaban J connectivity index is 1.43. The van der Waals surface area contributed by atoms with E-state index >= 15 is 0 Å². The number of nitrogens with one attached hydrogen (secondary N) is 2. The zero-order valence-electron chi connectivity index (χ0n) is 17.9. The van der Waals surface area contributed by atoms with Crippen LogP contribution in [0.2, 0.25) is 0 Å². The number of benzene rings is 3. The van der Waals surface area contributed by atoms with Crippen molar-refractivity contribution in [1.82, 2.24) is 15.5 Å². The number of aromatic amines is 1. The second-order valence-corrected chi connectivity index (χ2v) is 7.80. The van der Waals surface area contributed by atoms with Gasteiger partial charge in [-0.05, 0) is 49.2 Å². The lowest BCUT2D eigenvalue weighted by Gasteiger charge is -2.08. The zero-order valence-corrected chi connectivity index (χ0v) is 17.9. The monoisotopic (exact) mass is 413 g/mol. The Labute approximate surface area is 182 Å². The minimum atomic E-state index is -0.0745. The van der Waals surface area contributed by atoms with E-state index < -0.39 is 0 Å². The number of hydrogen-bond acceptors (Lipinski definition) is 3. The summed E-state index contributed by atoms with van der Waals surface area (Å²) in [5.41, 5.74) is 4.54. The molecule has 2 N–H and O–H groups in total. The molecule has 0 fully saturated rings. The van der Waals surface area contributed by atoms with Crippen molar-refractivity contribution < 1.29 is 9.53 Å². The molecular weight excluding hydrogens is 386 g/mol. The van der Waals surface area contributed by atoms with Gasteiger partial charge in [-0.15, -0.1) is 0 Å². The van der Waals surface area contributed by atoms with Gasteiger partial charge in [-0.1, -0.05) is 54.6 Å². The minimum Gasteiger partial charge on any atom is -0.379 e. The third kappa shape index (κ3) is 5.01. The average molecular weight is 414 g/mol. The van der Waals surface area contributed by atoms with Crippen LogP contribution in [0.1, 0.15) is 30.6 Å². The Morgan fingerprint density at radius 3 is 2.61 bits per heavy atom. The number of H-pyrrole nitrogens is 1. The van der Waals surface area contributed by atoms with Crippen LogP contribution in [-0.2, 0) is 4.74 Å². The first-order chi connectivity index (χ1) is 15.1. The van der Waals surface area contributed by atoms with Crippen LogP contribution < -0.4 is 5.32 Å². The molecule has 1 aromatic heterocycles. The molecule has 0 aliphatic rings. The van der Waals surface area contributed by atoms with Crippen LogP contribution in [0.5, 0.6) is 0 Å². The highest BCUT2D eigenvalue weighted by molar-refractivity contribution is 5.96. The van der Waals surface area contributed by atoms with Crippen LogP contribution in [0.25, 0.3) is 33.3 Å². The number of ether oxygens (including phenoxy) is 1. The number of carbonyl (C=O) groups excluding carboxylic acids is 1. The van der Waals surface area contributed by atoms with E-state index in [0.29, 0.717) is 18.7 Å². The molecule has 0 radical (unpaired) electrons. The fraction of sp³-hybridized carbons (Fsp3) is 0.231. The smallest absolute Gasteiger partial charge is 0.251 e. The van der Waals surface area contributed by atoms with Crippen molar-refractivity contribution in [3.8, 4) is 22.5 Å². The second-order valence-electron chi connectivity index (χ2n) is 7.80. The van der Waals surface area contributed by atoms with E-state index in [4.69, 9.17) is 4.74 Å². The van der Waals surface area contributed by atoms with Crippen molar-refractivity contribution in [2.24, 2.45) is 0 Å². The largest absolute Gasteiger partial charge is 0.379 e. The number of aromatic nitrogens is 2. The van der Waals surface area contributed by atoms with E-state index in [-0.39, 0.29) is 12.0 Å². The number of amides is 1. The molecule has 0 bridgehead atoms. The van der Waals surface area contributed by atoms with Crippen molar-refractivity contribution in [2.45, 2.75) is 26.4 Å². The summed E-state index contributed by atoms with van der Waals surface area (Å²) in [7, 11) is 0. The molecule has 0 atom stereocenters. The number of carbonyl (C=O) groups is 1. The maximum atomic E-state index is 12.3. The molecule has 5 nitrogen and oxygen atoms in total. The molecule has 1 amide bonds. The topological polar surface area (TPSA) is 67.0 Å². The molecule has 31 heavy (non-hydrogen) atoms. The lowest BCUT2D eigenvalue weighted by atomic mass is 10.0. The second kappa shape index (κ2) is 9.58. The maximum absolute atomic E-state index is 12.3. The van der Waals surface area contributed by atoms with Crippen LogP contribution in [0.15, 0.2) is 72.8 Å². The molecule has 158 valence electrons. The van der Waals surface area contributed by atoms with Gasteiger partial charge in [-0.3, -0.25) is 9.89 Å². The Bertz CT molecular complexity index is 1160. The third-order valence-electron chi connectivity index (χ3n) is 5.16. The van der Waals surface area contributed by atoms with Crippen molar-refractivity contribution in [3.05, 3.63) is 78.4 Å². The summed E-state index contributed by atoms with van der Waals surface area (Å²) in [6.45, 7) is 5.26. The highest BCUT2D eigenvalue weighted by Gasteiger charge is 2.10. The van der Waals surface area contributed by atoms with Crippen LogP contribution in [0.4, 0.5) is 0 Å². The van der Waals surface area contributed by atoms with E-state index in [9.17, 15) is 4.79 Å². The number of rotatable bonds is 8. The van der Waals surface area contributed by atoms with Crippen LogP contribution >= 0.6 is 0 Å². The summed E-state index contributed by atoms with van der Waals surface area (Å²) in [5.74, 6) is -0.0745. The summed E-state index contributed by atoms with van der Waals surface area (Å²) in [6.07, 6.45) is 1.01. The molecule has 0 aliphatic heterocycles. The summed E-state index contributed by atoms with van der Waals surface area (Å²) in [6, 6.07) is 24.2. The average Bonchev–Trinajstić information content (AvgIpc) is 3.28. The minimum absolute atomic E-state index is 0.0745. The first-order valence-corrected chi connectivity index (χ1v) is 10.7. The predicted octanol–water partition coefficient (Wildman–Crippen LogP) is 5.44. The summed E-state index contributed by atoms with van der Waals surface area (Å²) >= 11 is 0. The first-order valence-electron chi connectivity index (χ1n) is 10.7. The highest BCUT2D eigenvalue weighted by Crippen LogP contribution is 2.29. The van der Waals surface area contributed by atoms with E-state index in [1.807, 2.05) is 56.3 Å². The number of nitrogens with zero attached hydrogens (tertiary/aromatic N) is 1. The quantitative estimate of drug-likeness (QED) is 0.378. The van der Waals surface area contributed by atoms with Crippen LogP contribution in [0.3, 0.4) is 0 Å². The lowest BCUT2D eigenvalue weighted by Crippen LogP contribution is -2.25. The van der Waals surface area contributed by atoms with Crippen LogP contribution in [0, 0.1) is 0 Å². The fourth-order valence-corrected chi connectivity index (χ4v) is 3.56. The molecule has 0 spiro atoms. The van der Waals surface area contributed by atoms with Gasteiger partial charge in [-0.2, -0.15) is 5.10 Å². The van der Waals surface area contributed by atoms with E-state index in [2.05, 4.69) is 45.8 Å². The summed E-state index contributed by atoms with van der Waals surface area (Å²) in [5, 5.41) is 13.0. The van der Waals surface area contributed by atoms with Gasteiger partial charge in [0.05, 0.1) is 17.5 Å². The van der Waals surface area contributed by atoms with E-state index in [1.165, 1.54) is 10.8 Å². The molecule has 0 aliphatic carbocycles. The first kappa shape index (κ1) is 20.8. The van der Waals surface area contributed by atoms with Crippen molar-refractivity contribution in [3.63, 3.8) is 0 Å². The van der Waals surface area contributed by atoms with Gasteiger partial charge >= 0.3 is 0 Å². The van der Waals surface area contributed by atoms with Crippen LogP contribution in [-0.4, -0.2) is 35.4 Å². The summed E-state index contributed by atoms with van der Waals surface area (Å²) in [4.78, 5) is 12.3. The highest BCUT2D eigenvalue weighted by atomic mass is 16.5. The van der Waals surface area contributed by atoms with Gasteiger partial charge in [0.25, 0.3) is 5.91 Å². The zero-order chi connectivity index (χ0) is 21.6. The molecule has 0 saturated heterocycles. The van der Waals surface area contributed by atoms with Crippen molar-refractivity contribution in [1.29, 1.82) is 0 Å². The molecule has 4 rings (SSSR count). The molecule has 0 saturated carbocycles. The third-order valence-corrected chi connectivity index (χ3v) is 5.16. The fourth-order valence-electron chi connectivity index (χ4n) is 3.56. The normalized spacial score (nSPS) is 11.2.